The summed E-state index contributed by atoms with van der Waals surface area (Å²) in [6.07, 6.45) is 2.17. The van der Waals surface area contributed by atoms with E-state index in [0.29, 0.717) is 17.8 Å². The van der Waals surface area contributed by atoms with Crippen molar-refractivity contribution in [2.75, 3.05) is 13.1 Å². The normalized spacial score (nSPS) is 20.3. The molecule has 0 spiro atoms. The van der Waals surface area contributed by atoms with Crippen LogP contribution in [0.4, 0.5) is 8.78 Å². The standard InChI is InChI=1S/C24H30F2N4O3S/c1-23(2)9-7-20-17(15-23)14-19(22(31)29-30-11-4-8-24(25,26)10-12-30)21(28-20)16-5-3-6-18(13-16)34(27,32)33/h3,5-6,13-14H,4,7-12,15H2,1-2H3,(H,29,31)(H2,27,32,33). The molecule has 1 aromatic heterocycles. The summed E-state index contributed by atoms with van der Waals surface area (Å²) in [6.45, 7) is 4.69. The van der Waals surface area contributed by atoms with Gasteiger partial charge < -0.3 is 0 Å². The number of pyridine rings is 1. The summed E-state index contributed by atoms with van der Waals surface area (Å²) in [5.74, 6) is -3.20. The average Bonchev–Trinajstić information content (AvgIpc) is 2.92. The van der Waals surface area contributed by atoms with Crippen LogP contribution in [0.15, 0.2) is 35.2 Å². The maximum atomic E-state index is 13.8. The zero-order valence-corrected chi connectivity index (χ0v) is 20.2. The largest absolute Gasteiger partial charge is 0.285 e. The molecule has 1 saturated heterocycles. The molecular formula is C24H30F2N4O3S. The molecule has 1 aliphatic heterocycles. The number of aryl methyl sites for hydroxylation is 1. The van der Waals surface area contributed by atoms with E-state index < -0.39 is 21.9 Å². The van der Waals surface area contributed by atoms with Crippen LogP contribution in [0.5, 0.6) is 0 Å². The van der Waals surface area contributed by atoms with E-state index in [1.54, 1.807) is 12.1 Å². The van der Waals surface area contributed by atoms with Crippen LogP contribution in [-0.2, 0) is 22.9 Å². The summed E-state index contributed by atoms with van der Waals surface area (Å²) in [7, 11) is -3.94. The first-order valence-corrected chi connectivity index (χ1v) is 13.0. The van der Waals surface area contributed by atoms with Crippen LogP contribution in [0, 0.1) is 5.41 Å². The van der Waals surface area contributed by atoms with Crippen molar-refractivity contribution in [3.8, 4) is 11.3 Å². The molecule has 34 heavy (non-hydrogen) atoms. The van der Waals surface area contributed by atoms with Gasteiger partial charge in [0.1, 0.15) is 0 Å². The van der Waals surface area contributed by atoms with Crippen molar-refractivity contribution in [2.45, 2.75) is 63.2 Å². The summed E-state index contributed by atoms with van der Waals surface area (Å²) >= 11 is 0. The van der Waals surface area contributed by atoms with E-state index in [9.17, 15) is 22.0 Å². The van der Waals surface area contributed by atoms with Crippen LogP contribution in [0.3, 0.4) is 0 Å². The number of amides is 1. The van der Waals surface area contributed by atoms with Crippen molar-refractivity contribution in [3.05, 3.63) is 47.2 Å². The highest BCUT2D eigenvalue weighted by molar-refractivity contribution is 7.89. The summed E-state index contributed by atoms with van der Waals surface area (Å²) < 4.78 is 51.3. The van der Waals surface area contributed by atoms with Gasteiger partial charge in [0.15, 0.2) is 0 Å². The second-order valence-electron chi connectivity index (χ2n) is 10.0. The number of alkyl halides is 2. The predicted molar refractivity (Wildman–Crippen MR) is 125 cm³/mol. The summed E-state index contributed by atoms with van der Waals surface area (Å²) in [4.78, 5) is 18.1. The van der Waals surface area contributed by atoms with Gasteiger partial charge in [0.05, 0.1) is 16.2 Å². The molecule has 3 N–H and O–H groups in total. The van der Waals surface area contributed by atoms with Crippen LogP contribution in [0.2, 0.25) is 0 Å². The minimum Gasteiger partial charge on any atom is -0.285 e. The minimum absolute atomic E-state index is 0.0420. The number of hydrogen-bond acceptors (Lipinski definition) is 5. The van der Waals surface area contributed by atoms with E-state index in [4.69, 9.17) is 10.1 Å². The lowest BCUT2D eigenvalue weighted by atomic mass is 9.75. The summed E-state index contributed by atoms with van der Waals surface area (Å²) in [5, 5.41) is 6.83. The Balaban J connectivity index is 1.73. The van der Waals surface area contributed by atoms with E-state index in [-0.39, 0.29) is 41.7 Å². The molecule has 2 aromatic rings. The number of carbonyl (C=O) groups excluding carboxylic acids is 1. The van der Waals surface area contributed by atoms with Gasteiger partial charge >= 0.3 is 0 Å². The van der Waals surface area contributed by atoms with Crippen molar-refractivity contribution in [1.82, 2.24) is 15.4 Å². The molecule has 4 rings (SSSR count). The smallest absolute Gasteiger partial charge is 0.267 e. The van der Waals surface area contributed by atoms with E-state index in [0.717, 1.165) is 30.5 Å². The Morgan fingerprint density at radius 2 is 1.91 bits per heavy atom. The quantitative estimate of drug-likeness (QED) is 0.678. The molecule has 2 aliphatic rings. The van der Waals surface area contributed by atoms with Crippen molar-refractivity contribution >= 4 is 15.9 Å². The van der Waals surface area contributed by atoms with Crippen LogP contribution in [0.1, 0.15) is 61.1 Å². The Hall–Kier alpha value is -2.43. The molecule has 7 nitrogen and oxygen atoms in total. The number of rotatable bonds is 4. The van der Waals surface area contributed by atoms with Crippen LogP contribution < -0.4 is 10.6 Å². The third-order valence-electron chi connectivity index (χ3n) is 6.56. The fourth-order valence-electron chi connectivity index (χ4n) is 4.62. The van der Waals surface area contributed by atoms with Gasteiger partial charge in [-0.3, -0.25) is 15.2 Å². The van der Waals surface area contributed by atoms with E-state index >= 15 is 0 Å². The molecule has 0 unspecified atom stereocenters. The molecular weight excluding hydrogens is 462 g/mol. The van der Waals surface area contributed by atoms with Gasteiger partial charge in [-0.15, -0.1) is 0 Å². The lowest BCUT2D eigenvalue weighted by Gasteiger charge is -2.31. The van der Waals surface area contributed by atoms with E-state index in [2.05, 4.69) is 19.3 Å². The van der Waals surface area contributed by atoms with Gasteiger partial charge in [-0.1, -0.05) is 26.0 Å². The molecule has 0 radical (unpaired) electrons. The van der Waals surface area contributed by atoms with Crippen LogP contribution in [0.25, 0.3) is 11.3 Å². The molecule has 0 atom stereocenters. The molecule has 1 fully saturated rings. The Morgan fingerprint density at radius 3 is 2.65 bits per heavy atom. The number of primary sulfonamides is 1. The first-order valence-electron chi connectivity index (χ1n) is 11.4. The number of nitrogens with zero attached hydrogens (tertiary/aromatic N) is 2. The third-order valence-corrected chi connectivity index (χ3v) is 7.47. The topological polar surface area (TPSA) is 105 Å². The Morgan fingerprint density at radius 1 is 1.15 bits per heavy atom. The third kappa shape index (κ3) is 5.61. The molecule has 0 bridgehead atoms. The number of carbonyl (C=O) groups is 1. The number of benzene rings is 1. The fraction of sp³-hybridized carbons (Fsp3) is 0.500. The number of halogens is 2. The second kappa shape index (κ2) is 8.98. The fourth-order valence-corrected chi connectivity index (χ4v) is 5.18. The number of hydrogen-bond donors (Lipinski definition) is 2. The van der Waals surface area contributed by atoms with Crippen molar-refractivity contribution in [2.24, 2.45) is 10.6 Å². The summed E-state index contributed by atoms with van der Waals surface area (Å²) in [5.41, 5.74) is 5.76. The van der Waals surface area contributed by atoms with Crippen molar-refractivity contribution in [1.29, 1.82) is 0 Å². The molecule has 184 valence electrons. The molecule has 1 aliphatic carbocycles. The first-order chi connectivity index (χ1) is 15.8. The predicted octanol–water partition coefficient (Wildman–Crippen LogP) is 3.68. The van der Waals surface area contributed by atoms with Crippen molar-refractivity contribution in [3.63, 3.8) is 0 Å². The van der Waals surface area contributed by atoms with E-state index in [1.807, 2.05) is 6.07 Å². The number of nitrogens with one attached hydrogen (secondary N) is 1. The SMILES string of the molecule is CC1(C)CCc2nc(-c3cccc(S(N)(=O)=O)c3)c(C(=O)NN3CCCC(F)(F)CC3)cc2C1. The number of hydrazine groups is 1. The molecule has 10 heteroatoms. The highest BCUT2D eigenvalue weighted by Crippen LogP contribution is 2.36. The van der Waals surface area contributed by atoms with Gasteiger partial charge in [0, 0.05) is 37.2 Å². The van der Waals surface area contributed by atoms with Gasteiger partial charge in [-0.2, -0.15) is 0 Å². The minimum atomic E-state index is -3.94. The maximum absolute atomic E-state index is 13.8. The van der Waals surface area contributed by atoms with Crippen molar-refractivity contribution < 1.29 is 22.0 Å². The zero-order valence-electron chi connectivity index (χ0n) is 19.4. The summed E-state index contributed by atoms with van der Waals surface area (Å²) in [6, 6.07) is 7.83. The number of aromatic nitrogens is 1. The Bertz CT molecular complexity index is 1210. The Labute approximate surface area is 198 Å². The molecule has 1 amide bonds. The molecule has 1 aromatic carbocycles. The van der Waals surface area contributed by atoms with Gasteiger partial charge in [0.25, 0.3) is 5.91 Å². The zero-order chi connectivity index (χ0) is 24.7. The average molecular weight is 493 g/mol. The Kier molecular flexibility index (Phi) is 6.52. The van der Waals surface area contributed by atoms with E-state index in [1.165, 1.54) is 17.1 Å². The molecule has 0 saturated carbocycles. The lowest BCUT2D eigenvalue weighted by Crippen LogP contribution is -2.43. The number of sulfonamides is 1. The highest BCUT2D eigenvalue weighted by atomic mass is 32.2. The van der Waals surface area contributed by atoms with Gasteiger partial charge in [-0.05, 0) is 54.9 Å². The van der Waals surface area contributed by atoms with Crippen LogP contribution >= 0.6 is 0 Å². The number of nitrogens with two attached hydrogens (primary N) is 1. The second-order valence-corrected chi connectivity index (χ2v) is 11.6. The van der Waals surface area contributed by atoms with Gasteiger partial charge in [-0.25, -0.2) is 27.3 Å². The monoisotopic (exact) mass is 492 g/mol. The molecule has 2 heterocycles. The first kappa shape index (κ1) is 24.7. The van der Waals surface area contributed by atoms with Gasteiger partial charge in [0.2, 0.25) is 15.9 Å². The maximum Gasteiger partial charge on any atom is 0.267 e. The highest BCUT2D eigenvalue weighted by Gasteiger charge is 2.33. The number of fused-ring (bicyclic) bond motifs is 1. The van der Waals surface area contributed by atoms with Crippen LogP contribution in [-0.4, -0.2) is 43.3 Å². The lowest BCUT2D eigenvalue weighted by molar-refractivity contribution is -0.0143.